The maximum atomic E-state index is 11.4. The summed E-state index contributed by atoms with van der Waals surface area (Å²) in [6, 6.07) is 6.02. The van der Waals surface area contributed by atoms with E-state index in [1.807, 2.05) is 26.0 Å². The third kappa shape index (κ3) is 2.59. The molecule has 1 atom stereocenters. The topological polar surface area (TPSA) is 49.8 Å². The van der Waals surface area contributed by atoms with E-state index in [0.29, 0.717) is 6.54 Å². The third-order valence-corrected chi connectivity index (χ3v) is 4.08. The van der Waals surface area contributed by atoms with E-state index in [2.05, 4.69) is 11.0 Å². The smallest absolute Gasteiger partial charge is 0.323 e. The van der Waals surface area contributed by atoms with Crippen molar-refractivity contribution in [2.24, 2.45) is 0 Å². The molecule has 2 rings (SSSR count). The van der Waals surface area contributed by atoms with E-state index >= 15 is 0 Å². The van der Waals surface area contributed by atoms with E-state index < -0.39 is 11.5 Å². The maximum Gasteiger partial charge on any atom is 0.323 e. The van der Waals surface area contributed by atoms with Crippen LogP contribution in [0, 0.1) is 6.92 Å². The summed E-state index contributed by atoms with van der Waals surface area (Å²) in [5.74, 6) is 0.140. The van der Waals surface area contributed by atoms with Crippen molar-refractivity contribution in [3.63, 3.8) is 0 Å². The minimum atomic E-state index is -0.728. The first-order valence-electron chi connectivity index (χ1n) is 6.59. The fourth-order valence-corrected chi connectivity index (χ4v) is 2.77. The second kappa shape index (κ2) is 5.21. The Bertz CT molecular complexity index is 486. The van der Waals surface area contributed by atoms with E-state index in [4.69, 9.17) is 4.74 Å². The lowest BCUT2D eigenvalue weighted by atomic mass is 9.98. The molecule has 0 aromatic heterocycles. The fourth-order valence-electron chi connectivity index (χ4n) is 2.77. The molecule has 1 unspecified atom stereocenters. The summed E-state index contributed by atoms with van der Waals surface area (Å²) in [4.78, 5) is 13.5. The lowest BCUT2D eigenvalue weighted by Crippen LogP contribution is -2.47. The van der Waals surface area contributed by atoms with Gasteiger partial charge in [0.25, 0.3) is 0 Å². The van der Waals surface area contributed by atoms with Crippen molar-refractivity contribution in [1.82, 2.24) is 4.90 Å². The number of aliphatic carboxylic acids is 1. The predicted molar refractivity (Wildman–Crippen MR) is 73.4 cm³/mol. The molecule has 104 valence electrons. The van der Waals surface area contributed by atoms with Gasteiger partial charge in [-0.3, -0.25) is 9.69 Å². The molecule has 0 bridgehead atoms. The molecule has 1 aliphatic heterocycles. The van der Waals surface area contributed by atoms with Crippen LogP contribution in [0.15, 0.2) is 18.2 Å². The monoisotopic (exact) mass is 263 g/mol. The number of rotatable bonds is 4. The SMILES string of the molecule is COc1ccc(CN2CCCC2(C)C(=O)O)cc1C. The van der Waals surface area contributed by atoms with Crippen LogP contribution in [0.5, 0.6) is 5.75 Å². The zero-order valence-electron chi connectivity index (χ0n) is 11.8. The van der Waals surface area contributed by atoms with E-state index in [-0.39, 0.29) is 0 Å². The number of nitrogens with zero attached hydrogens (tertiary/aromatic N) is 1. The number of ether oxygens (including phenoxy) is 1. The average molecular weight is 263 g/mol. The Hall–Kier alpha value is -1.55. The number of hydrogen-bond acceptors (Lipinski definition) is 3. The molecule has 1 heterocycles. The Kier molecular flexibility index (Phi) is 3.80. The first-order chi connectivity index (χ1) is 8.97. The molecule has 1 aliphatic rings. The summed E-state index contributed by atoms with van der Waals surface area (Å²) in [7, 11) is 1.66. The van der Waals surface area contributed by atoms with E-state index in [0.717, 1.165) is 36.3 Å². The Labute approximate surface area is 114 Å². The number of hydrogen-bond donors (Lipinski definition) is 1. The Morgan fingerprint density at radius 2 is 2.26 bits per heavy atom. The first kappa shape index (κ1) is 13.9. The summed E-state index contributed by atoms with van der Waals surface area (Å²) in [5, 5.41) is 9.40. The van der Waals surface area contributed by atoms with Crippen LogP contribution in [-0.4, -0.2) is 35.2 Å². The van der Waals surface area contributed by atoms with Crippen LogP contribution < -0.4 is 4.74 Å². The van der Waals surface area contributed by atoms with Crippen LogP contribution in [0.25, 0.3) is 0 Å². The quantitative estimate of drug-likeness (QED) is 0.906. The number of benzene rings is 1. The van der Waals surface area contributed by atoms with E-state index in [1.54, 1.807) is 7.11 Å². The van der Waals surface area contributed by atoms with Gasteiger partial charge in [-0.2, -0.15) is 0 Å². The fraction of sp³-hybridized carbons (Fsp3) is 0.533. The van der Waals surface area contributed by atoms with Crippen LogP contribution in [0.1, 0.15) is 30.9 Å². The average Bonchev–Trinajstić information content (AvgIpc) is 2.73. The first-order valence-corrected chi connectivity index (χ1v) is 6.59. The van der Waals surface area contributed by atoms with Crippen LogP contribution in [0.3, 0.4) is 0 Å². The third-order valence-electron chi connectivity index (χ3n) is 4.08. The number of likely N-dealkylation sites (tertiary alicyclic amines) is 1. The number of carboxylic acid groups (broad SMARTS) is 1. The molecule has 19 heavy (non-hydrogen) atoms. The zero-order valence-corrected chi connectivity index (χ0v) is 11.8. The highest BCUT2D eigenvalue weighted by Crippen LogP contribution is 2.31. The number of aryl methyl sites for hydroxylation is 1. The van der Waals surface area contributed by atoms with Crippen molar-refractivity contribution < 1.29 is 14.6 Å². The largest absolute Gasteiger partial charge is 0.496 e. The van der Waals surface area contributed by atoms with Crippen LogP contribution in [0.2, 0.25) is 0 Å². The molecule has 0 spiro atoms. The highest BCUT2D eigenvalue weighted by molar-refractivity contribution is 5.78. The maximum absolute atomic E-state index is 11.4. The van der Waals surface area contributed by atoms with Gasteiger partial charge in [-0.1, -0.05) is 12.1 Å². The highest BCUT2D eigenvalue weighted by atomic mass is 16.5. The molecular weight excluding hydrogens is 242 g/mol. The summed E-state index contributed by atoms with van der Waals surface area (Å²) in [6.07, 6.45) is 1.66. The molecular formula is C15H21NO3. The Balaban J connectivity index is 2.17. The van der Waals surface area contributed by atoms with Gasteiger partial charge in [0.1, 0.15) is 11.3 Å². The number of methoxy groups -OCH3 is 1. The van der Waals surface area contributed by atoms with Gasteiger partial charge in [0.2, 0.25) is 0 Å². The molecule has 4 nitrogen and oxygen atoms in total. The van der Waals surface area contributed by atoms with Crippen molar-refractivity contribution in [3.05, 3.63) is 29.3 Å². The summed E-state index contributed by atoms with van der Waals surface area (Å²) in [6.45, 7) is 5.34. The van der Waals surface area contributed by atoms with Crippen molar-refractivity contribution in [1.29, 1.82) is 0 Å². The molecule has 0 saturated carbocycles. The van der Waals surface area contributed by atoms with Gasteiger partial charge in [0, 0.05) is 6.54 Å². The van der Waals surface area contributed by atoms with Crippen molar-refractivity contribution in [2.75, 3.05) is 13.7 Å². The highest BCUT2D eigenvalue weighted by Gasteiger charge is 2.43. The van der Waals surface area contributed by atoms with Gasteiger partial charge in [0.15, 0.2) is 0 Å². The standard InChI is InChI=1S/C15H21NO3/c1-11-9-12(5-6-13(11)19-3)10-16-8-4-7-15(16,2)14(17)18/h5-6,9H,4,7-8,10H2,1-3H3,(H,17,18). The second-order valence-corrected chi connectivity index (χ2v) is 5.41. The molecule has 1 aromatic carbocycles. The summed E-state index contributed by atoms with van der Waals surface area (Å²) in [5.41, 5.74) is 1.48. The van der Waals surface area contributed by atoms with Crippen molar-refractivity contribution in [3.8, 4) is 5.75 Å². The summed E-state index contributed by atoms with van der Waals surface area (Å²) >= 11 is 0. The van der Waals surface area contributed by atoms with Crippen LogP contribution in [-0.2, 0) is 11.3 Å². The molecule has 0 aliphatic carbocycles. The van der Waals surface area contributed by atoms with Gasteiger partial charge in [-0.15, -0.1) is 0 Å². The van der Waals surface area contributed by atoms with Crippen molar-refractivity contribution >= 4 is 5.97 Å². The molecule has 0 radical (unpaired) electrons. The molecule has 1 aromatic rings. The van der Waals surface area contributed by atoms with Crippen LogP contribution >= 0.6 is 0 Å². The Morgan fingerprint density at radius 1 is 1.53 bits per heavy atom. The Morgan fingerprint density at radius 3 is 2.84 bits per heavy atom. The van der Waals surface area contributed by atoms with Crippen LogP contribution in [0.4, 0.5) is 0 Å². The van der Waals surface area contributed by atoms with E-state index in [1.165, 1.54) is 0 Å². The van der Waals surface area contributed by atoms with Gasteiger partial charge in [-0.25, -0.2) is 0 Å². The molecule has 1 fully saturated rings. The lowest BCUT2D eigenvalue weighted by Gasteiger charge is -2.31. The zero-order chi connectivity index (χ0) is 14.0. The molecule has 4 heteroatoms. The molecule has 0 amide bonds. The van der Waals surface area contributed by atoms with Gasteiger partial charge >= 0.3 is 5.97 Å². The van der Waals surface area contributed by atoms with Gasteiger partial charge in [0.05, 0.1) is 7.11 Å². The summed E-state index contributed by atoms with van der Waals surface area (Å²) < 4.78 is 5.24. The minimum absolute atomic E-state index is 0.674. The van der Waals surface area contributed by atoms with Gasteiger partial charge < -0.3 is 9.84 Å². The van der Waals surface area contributed by atoms with E-state index in [9.17, 15) is 9.90 Å². The predicted octanol–water partition coefficient (Wildman–Crippen LogP) is 2.44. The number of carboxylic acids is 1. The normalized spacial score (nSPS) is 23.5. The number of carbonyl (C=O) groups is 1. The molecule has 1 saturated heterocycles. The molecule has 1 N–H and O–H groups in total. The second-order valence-electron chi connectivity index (χ2n) is 5.41. The minimum Gasteiger partial charge on any atom is -0.496 e. The van der Waals surface area contributed by atoms with Gasteiger partial charge in [-0.05, 0) is 50.4 Å². The van der Waals surface area contributed by atoms with Crippen molar-refractivity contribution in [2.45, 2.75) is 38.8 Å². The lowest BCUT2D eigenvalue weighted by molar-refractivity contribution is -0.148.